The molecule has 0 atom stereocenters. The molecule has 0 bridgehead atoms. The Morgan fingerprint density at radius 2 is 2.25 bits per heavy atom. The number of ether oxygens (including phenoxy) is 1. The van der Waals surface area contributed by atoms with Gasteiger partial charge in [0.15, 0.2) is 0 Å². The molecule has 0 aliphatic carbocycles. The molecule has 2 heterocycles. The summed E-state index contributed by atoms with van der Waals surface area (Å²) in [6.07, 6.45) is 3.91. The summed E-state index contributed by atoms with van der Waals surface area (Å²) in [5.41, 5.74) is 6.30. The molecule has 3 N–H and O–H groups in total. The summed E-state index contributed by atoms with van der Waals surface area (Å²) in [5, 5.41) is 3.34. The fraction of sp³-hybridized carbons (Fsp3) is 0.545. The van der Waals surface area contributed by atoms with Crippen LogP contribution in [0.1, 0.15) is 12.8 Å². The second-order valence-electron chi connectivity index (χ2n) is 4.04. The highest BCUT2D eigenvalue weighted by molar-refractivity contribution is 9.10. The van der Waals surface area contributed by atoms with E-state index >= 15 is 0 Å². The number of nitrogen functional groups attached to an aromatic ring is 1. The van der Waals surface area contributed by atoms with Crippen LogP contribution >= 0.6 is 15.9 Å². The summed E-state index contributed by atoms with van der Waals surface area (Å²) in [7, 11) is 0. The van der Waals surface area contributed by atoms with Crippen LogP contribution < -0.4 is 11.1 Å². The van der Waals surface area contributed by atoms with Gasteiger partial charge in [-0.15, -0.1) is 0 Å². The first-order valence-corrected chi connectivity index (χ1v) is 6.27. The van der Waals surface area contributed by atoms with Gasteiger partial charge in [-0.25, -0.2) is 4.98 Å². The number of nitrogens with two attached hydrogens (primary N) is 1. The van der Waals surface area contributed by atoms with Gasteiger partial charge in [-0.3, -0.25) is 0 Å². The van der Waals surface area contributed by atoms with Crippen LogP contribution in [-0.4, -0.2) is 24.7 Å². The van der Waals surface area contributed by atoms with Crippen LogP contribution in [0.3, 0.4) is 0 Å². The number of halogens is 1. The van der Waals surface area contributed by atoms with Crippen LogP contribution in [0.2, 0.25) is 0 Å². The number of rotatable bonds is 3. The minimum absolute atomic E-state index is 0.670. The van der Waals surface area contributed by atoms with Crippen molar-refractivity contribution in [2.45, 2.75) is 12.8 Å². The van der Waals surface area contributed by atoms with Gasteiger partial charge in [-0.05, 0) is 40.8 Å². The van der Waals surface area contributed by atoms with Gasteiger partial charge in [-0.1, -0.05) is 0 Å². The first kappa shape index (κ1) is 11.7. The normalized spacial score (nSPS) is 17.3. The summed E-state index contributed by atoms with van der Waals surface area (Å²) >= 11 is 3.44. The Hall–Kier alpha value is -0.810. The van der Waals surface area contributed by atoms with Gasteiger partial charge in [0.25, 0.3) is 0 Å². The molecule has 2 rings (SSSR count). The zero-order valence-electron chi connectivity index (χ0n) is 9.08. The van der Waals surface area contributed by atoms with Crippen LogP contribution in [-0.2, 0) is 4.74 Å². The number of nitrogens with one attached hydrogen (secondary N) is 1. The topological polar surface area (TPSA) is 60.2 Å². The maximum absolute atomic E-state index is 5.63. The molecule has 16 heavy (non-hydrogen) atoms. The monoisotopic (exact) mass is 285 g/mol. The lowest BCUT2D eigenvalue weighted by atomic mass is 10.0. The van der Waals surface area contributed by atoms with Crippen molar-refractivity contribution in [2.24, 2.45) is 5.92 Å². The summed E-state index contributed by atoms with van der Waals surface area (Å²) in [6.45, 7) is 2.70. The van der Waals surface area contributed by atoms with Crippen molar-refractivity contribution in [3.05, 3.63) is 16.7 Å². The molecule has 5 heteroatoms. The molecule has 0 amide bonds. The average molecular weight is 286 g/mol. The lowest BCUT2D eigenvalue weighted by Crippen LogP contribution is -2.23. The number of aromatic nitrogens is 1. The van der Waals surface area contributed by atoms with Gasteiger partial charge in [-0.2, -0.15) is 0 Å². The second-order valence-corrected chi connectivity index (χ2v) is 4.89. The number of anilines is 2. The van der Waals surface area contributed by atoms with Gasteiger partial charge in [0.1, 0.15) is 5.82 Å². The maximum atomic E-state index is 5.63. The predicted molar refractivity (Wildman–Crippen MR) is 68.4 cm³/mol. The standard InChI is InChI=1S/C11H16BrN3O/c12-10-5-9(13)7-15-11(10)14-6-8-1-3-16-4-2-8/h5,7-8H,1-4,6,13H2,(H,14,15). The van der Waals surface area contributed by atoms with Gasteiger partial charge < -0.3 is 15.8 Å². The van der Waals surface area contributed by atoms with E-state index in [1.165, 1.54) is 0 Å². The Balaban J connectivity index is 1.88. The SMILES string of the molecule is Nc1cnc(NCC2CCOCC2)c(Br)c1. The van der Waals surface area contributed by atoms with E-state index in [0.717, 1.165) is 42.9 Å². The van der Waals surface area contributed by atoms with Crippen molar-refractivity contribution in [3.63, 3.8) is 0 Å². The zero-order chi connectivity index (χ0) is 11.4. The van der Waals surface area contributed by atoms with E-state index in [1.54, 1.807) is 6.20 Å². The fourth-order valence-electron chi connectivity index (χ4n) is 1.77. The third kappa shape index (κ3) is 3.09. The van der Waals surface area contributed by atoms with Crippen molar-refractivity contribution in [1.29, 1.82) is 0 Å². The lowest BCUT2D eigenvalue weighted by Gasteiger charge is -2.22. The first-order chi connectivity index (χ1) is 7.75. The van der Waals surface area contributed by atoms with Crippen LogP contribution in [0, 0.1) is 5.92 Å². The van der Waals surface area contributed by atoms with E-state index in [1.807, 2.05) is 6.07 Å². The summed E-state index contributed by atoms with van der Waals surface area (Å²) in [6, 6.07) is 1.86. The first-order valence-electron chi connectivity index (χ1n) is 5.48. The van der Waals surface area contributed by atoms with Crippen molar-refractivity contribution in [3.8, 4) is 0 Å². The minimum atomic E-state index is 0.670. The molecule has 0 radical (unpaired) electrons. The van der Waals surface area contributed by atoms with Crippen molar-refractivity contribution in [1.82, 2.24) is 4.98 Å². The highest BCUT2D eigenvalue weighted by Gasteiger charge is 2.14. The fourth-order valence-corrected chi connectivity index (χ4v) is 2.28. The quantitative estimate of drug-likeness (QED) is 0.894. The number of hydrogen-bond acceptors (Lipinski definition) is 4. The Kier molecular flexibility index (Phi) is 4.01. The molecule has 1 aromatic heterocycles. The second kappa shape index (κ2) is 5.50. The lowest BCUT2D eigenvalue weighted by molar-refractivity contribution is 0.0699. The third-order valence-corrected chi connectivity index (χ3v) is 3.37. The maximum Gasteiger partial charge on any atom is 0.140 e. The number of pyridine rings is 1. The molecule has 0 spiro atoms. The van der Waals surface area contributed by atoms with Crippen LogP contribution in [0.4, 0.5) is 11.5 Å². The summed E-state index contributed by atoms with van der Waals surface area (Å²) in [4.78, 5) is 4.25. The van der Waals surface area contributed by atoms with Crippen molar-refractivity contribution >= 4 is 27.4 Å². The number of hydrogen-bond donors (Lipinski definition) is 2. The highest BCUT2D eigenvalue weighted by Crippen LogP contribution is 2.23. The van der Waals surface area contributed by atoms with E-state index in [-0.39, 0.29) is 0 Å². The number of nitrogens with zero attached hydrogens (tertiary/aromatic N) is 1. The minimum Gasteiger partial charge on any atom is -0.397 e. The van der Waals surface area contributed by atoms with Gasteiger partial charge in [0.2, 0.25) is 0 Å². The Morgan fingerprint density at radius 1 is 1.50 bits per heavy atom. The molecule has 1 saturated heterocycles. The smallest absolute Gasteiger partial charge is 0.140 e. The highest BCUT2D eigenvalue weighted by atomic mass is 79.9. The van der Waals surface area contributed by atoms with Gasteiger partial charge in [0, 0.05) is 19.8 Å². The molecular weight excluding hydrogens is 270 g/mol. The predicted octanol–water partition coefficient (Wildman–Crippen LogP) is 2.26. The molecule has 0 aromatic carbocycles. The van der Waals surface area contributed by atoms with Crippen molar-refractivity contribution < 1.29 is 4.74 Å². The molecule has 88 valence electrons. The molecule has 1 fully saturated rings. The Bertz CT molecular complexity index is 353. The molecular formula is C11H16BrN3O. The molecule has 1 aromatic rings. The molecule has 1 aliphatic rings. The Labute approximate surface area is 104 Å². The molecule has 4 nitrogen and oxygen atoms in total. The van der Waals surface area contributed by atoms with E-state index < -0.39 is 0 Å². The molecule has 0 unspecified atom stereocenters. The van der Waals surface area contributed by atoms with E-state index in [0.29, 0.717) is 11.6 Å². The Morgan fingerprint density at radius 3 is 2.94 bits per heavy atom. The van der Waals surface area contributed by atoms with E-state index in [4.69, 9.17) is 10.5 Å². The summed E-state index contributed by atoms with van der Waals surface area (Å²) in [5.74, 6) is 1.54. The average Bonchev–Trinajstić information content (AvgIpc) is 2.29. The molecule has 0 saturated carbocycles. The zero-order valence-corrected chi connectivity index (χ0v) is 10.7. The molecule has 1 aliphatic heterocycles. The van der Waals surface area contributed by atoms with Gasteiger partial charge in [0.05, 0.1) is 16.4 Å². The largest absolute Gasteiger partial charge is 0.397 e. The van der Waals surface area contributed by atoms with Gasteiger partial charge >= 0.3 is 0 Å². The summed E-state index contributed by atoms with van der Waals surface area (Å²) < 4.78 is 6.24. The van der Waals surface area contributed by atoms with Crippen LogP contribution in [0.5, 0.6) is 0 Å². The van der Waals surface area contributed by atoms with E-state index in [2.05, 4.69) is 26.2 Å². The van der Waals surface area contributed by atoms with Crippen LogP contribution in [0.15, 0.2) is 16.7 Å². The van der Waals surface area contributed by atoms with Crippen molar-refractivity contribution in [2.75, 3.05) is 30.8 Å². The van der Waals surface area contributed by atoms with E-state index in [9.17, 15) is 0 Å². The third-order valence-electron chi connectivity index (χ3n) is 2.76. The van der Waals surface area contributed by atoms with Crippen LogP contribution in [0.25, 0.3) is 0 Å².